The number of fused-ring (bicyclic) bond motifs is 1. The number of para-hydroxylation sites is 3. The third-order valence-electron chi connectivity index (χ3n) is 5.96. The van der Waals surface area contributed by atoms with E-state index in [1.165, 1.54) is 0 Å². The number of hydrogen-bond acceptors (Lipinski definition) is 3. The molecule has 0 radical (unpaired) electrons. The van der Waals surface area contributed by atoms with E-state index in [4.69, 9.17) is 4.74 Å². The van der Waals surface area contributed by atoms with Gasteiger partial charge in [-0.3, -0.25) is 9.59 Å². The van der Waals surface area contributed by atoms with Crippen molar-refractivity contribution in [2.75, 3.05) is 16.4 Å². The molecule has 0 aromatic heterocycles. The lowest BCUT2D eigenvalue weighted by atomic mass is 9.90. The van der Waals surface area contributed by atoms with Crippen LogP contribution in [0, 0.1) is 6.92 Å². The van der Waals surface area contributed by atoms with Crippen molar-refractivity contribution in [1.29, 1.82) is 0 Å². The van der Waals surface area contributed by atoms with Gasteiger partial charge in [0.05, 0.1) is 6.04 Å². The van der Waals surface area contributed by atoms with Crippen molar-refractivity contribution < 1.29 is 14.3 Å². The van der Waals surface area contributed by atoms with Gasteiger partial charge < -0.3 is 14.5 Å². The maximum Gasteiger partial charge on any atom is 0.265 e. The van der Waals surface area contributed by atoms with Crippen LogP contribution in [-0.4, -0.2) is 24.5 Å². The van der Waals surface area contributed by atoms with Crippen molar-refractivity contribution in [3.8, 4) is 5.75 Å². The van der Waals surface area contributed by atoms with Gasteiger partial charge in [0.15, 0.2) is 6.61 Å². The largest absolute Gasteiger partial charge is 0.483 e. The number of hydrogen-bond donors (Lipinski definition) is 0. The van der Waals surface area contributed by atoms with Crippen molar-refractivity contribution in [3.05, 3.63) is 90.0 Å². The van der Waals surface area contributed by atoms with E-state index in [-0.39, 0.29) is 30.5 Å². The number of carbonyl (C=O) groups excluding carboxylic acids is 2. The second kappa shape index (κ2) is 9.27. The smallest absolute Gasteiger partial charge is 0.265 e. The molecule has 1 aliphatic rings. The monoisotopic (exact) mass is 428 g/mol. The third-order valence-corrected chi connectivity index (χ3v) is 5.96. The number of amides is 2. The highest BCUT2D eigenvalue weighted by Crippen LogP contribution is 2.42. The first-order valence-electron chi connectivity index (χ1n) is 10.9. The molecule has 5 nitrogen and oxygen atoms in total. The average Bonchev–Trinajstić information content (AvgIpc) is 2.79. The van der Waals surface area contributed by atoms with Crippen molar-refractivity contribution in [1.82, 2.24) is 0 Å². The number of benzene rings is 3. The summed E-state index contributed by atoms with van der Waals surface area (Å²) in [5.41, 5.74) is 3.65. The van der Waals surface area contributed by atoms with Crippen LogP contribution in [0.15, 0.2) is 78.9 Å². The molecule has 4 rings (SSSR count). The van der Waals surface area contributed by atoms with Gasteiger partial charge in [-0.15, -0.1) is 0 Å². The summed E-state index contributed by atoms with van der Waals surface area (Å²) in [5.74, 6) is 0.593. The number of nitrogens with zero attached hydrogens (tertiary/aromatic N) is 2. The van der Waals surface area contributed by atoms with Crippen LogP contribution < -0.4 is 14.5 Å². The number of anilines is 2. The maximum atomic E-state index is 13.3. The Hall–Kier alpha value is -3.60. The lowest BCUT2D eigenvalue weighted by Gasteiger charge is -2.43. The molecule has 1 aliphatic heterocycles. The summed E-state index contributed by atoms with van der Waals surface area (Å²) in [6.45, 7) is 5.54. The molecule has 2 unspecified atom stereocenters. The zero-order chi connectivity index (χ0) is 22.7. The first-order valence-corrected chi connectivity index (χ1v) is 10.9. The molecule has 2 amide bonds. The lowest BCUT2D eigenvalue weighted by Crippen LogP contribution is -2.48. The zero-order valence-electron chi connectivity index (χ0n) is 18.7. The van der Waals surface area contributed by atoms with Crippen LogP contribution in [0.2, 0.25) is 0 Å². The summed E-state index contributed by atoms with van der Waals surface area (Å²) in [6, 6.07) is 25.0. The lowest BCUT2D eigenvalue weighted by molar-refractivity contribution is -0.121. The normalized spacial score (nSPS) is 17.4. The number of rotatable bonds is 5. The molecule has 0 bridgehead atoms. The van der Waals surface area contributed by atoms with Gasteiger partial charge in [-0.1, -0.05) is 54.6 Å². The van der Waals surface area contributed by atoms with E-state index >= 15 is 0 Å². The molecule has 164 valence electrons. The summed E-state index contributed by atoms with van der Waals surface area (Å²) in [6.07, 6.45) is 0.640. The van der Waals surface area contributed by atoms with E-state index in [9.17, 15) is 9.59 Å². The Morgan fingerprint density at radius 2 is 1.62 bits per heavy atom. The van der Waals surface area contributed by atoms with Crippen LogP contribution >= 0.6 is 0 Å². The molecule has 3 aromatic carbocycles. The molecule has 3 aromatic rings. The van der Waals surface area contributed by atoms with E-state index in [1.807, 2.05) is 103 Å². The Balaban J connectivity index is 1.64. The first-order chi connectivity index (χ1) is 15.5. The summed E-state index contributed by atoms with van der Waals surface area (Å²) < 4.78 is 5.84. The van der Waals surface area contributed by atoms with Gasteiger partial charge in [0.25, 0.3) is 5.91 Å². The fraction of sp³-hybridized carbons (Fsp3) is 0.259. The van der Waals surface area contributed by atoms with Crippen LogP contribution in [0.4, 0.5) is 11.4 Å². The van der Waals surface area contributed by atoms with Crippen LogP contribution in [-0.2, 0) is 9.59 Å². The fourth-order valence-corrected chi connectivity index (χ4v) is 4.50. The minimum Gasteiger partial charge on any atom is -0.483 e. The predicted molar refractivity (Wildman–Crippen MR) is 127 cm³/mol. The second-order valence-electron chi connectivity index (χ2n) is 8.20. The Kier molecular flexibility index (Phi) is 6.26. The summed E-state index contributed by atoms with van der Waals surface area (Å²) in [5, 5.41) is 0. The zero-order valence-corrected chi connectivity index (χ0v) is 18.7. The molecule has 32 heavy (non-hydrogen) atoms. The molecule has 2 atom stereocenters. The molecular weight excluding hydrogens is 400 g/mol. The molecule has 0 aliphatic carbocycles. The van der Waals surface area contributed by atoms with Crippen LogP contribution in [0.25, 0.3) is 0 Å². The van der Waals surface area contributed by atoms with Crippen molar-refractivity contribution in [2.45, 2.75) is 39.3 Å². The Bertz CT molecular complexity index is 1110. The van der Waals surface area contributed by atoms with Gasteiger partial charge in [0.1, 0.15) is 5.75 Å². The van der Waals surface area contributed by atoms with E-state index < -0.39 is 0 Å². The van der Waals surface area contributed by atoms with Crippen molar-refractivity contribution in [2.24, 2.45) is 0 Å². The van der Waals surface area contributed by atoms with Crippen molar-refractivity contribution in [3.63, 3.8) is 0 Å². The van der Waals surface area contributed by atoms with Gasteiger partial charge in [-0.25, -0.2) is 0 Å². The number of aryl methyl sites for hydroxylation is 1. The quantitative estimate of drug-likeness (QED) is 0.555. The van der Waals surface area contributed by atoms with Crippen LogP contribution in [0.3, 0.4) is 0 Å². The molecule has 0 spiro atoms. The summed E-state index contributed by atoms with van der Waals surface area (Å²) in [4.78, 5) is 29.6. The average molecular weight is 429 g/mol. The highest BCUT2D eigenvalue weighted by molar-refractivity contribution is 5.98. The second-order valence-corrected chi connectivity index (χ2v) is 8.20. The highest BCUT2D eigenvalue weighted by Gasteiger charge is 2.37. The van der Waals surface area contributed by atoms with Gasteiger partial charge in [0, 0.05) is 24.3 Å². The van der Waals surface area contributed by atoms with Gasteiger partial charge in [0.2, 0.25) is 5.91 Å². The van der Waals surface area contributed by atoms with Gasteiger partial charge in [-0.2, -0.15) is 0 Å². The van der Waals surface area contributed by atoms with Crippen molar-refractivity contribution >= 4 is 23.2 Å². The minimum absolute atomic E-state index is 0.0223. The minimum atomic E-state index is -0.151. The molecular formula is C27H28N2O3. The fourth-order valence-electron chi connectivity index (χ4n) is 4.50. The Labute approximate surface area is 189 Å². The topological polar surface area (TPSA) is 49.9 Å². The SMILES string of the molecule is CC(=O)N(c1ccccc1)C1CC(C)N(C(=O)COc2ccccc2C)c2ccccc21. The molecule has 1 heterocycles. The third kappa shape index (κ3) is 4.24. The highest BCUT2D eigenvalue weighted by atomic mass is 16.5. The molecule has 0 saturated carbocycles. The van der Waals surface area contributed by atoms with E-state index in [0.29, 0.717) is 12.2 Å². The maximum absolute atomic E-state index is 13.3. The van der Waals surface area contributed by atoms with Crippen LogP contribution in [0.5, 0.6) is 5.75 Å². The molecule has 0 fully saturated rings. The van der Waals surface area contributed by atoms with Gasteiger partial charge in [-0.05, 0) is 55.7 Å². The first kappa shape index (κ1) is 21.6. The van der Waals surface area contributed by atoms with E-state index in [2.05, 4.69) is 0 Å². The predicted octanol–water partition coefficient (Wildman–Crippen LogP) is 5.29. The van der Waals surface area contributed by atoms with E-state index in [1.54, 1.807) is 6.92 Å². The summed E-state index contributed by atoms with van der Waals surface area (Å²) in [7, 11) is 0. The standard InChI is InChI=1S/C27H28N2O3/c1-19-11-7-10-16-26(19)32-18-27(31)28-20(2)17-25(23-14-8-9-15-24(23)28)29(21(3)30)22-12-5-4-6-13-22/h4-16,20,25H,17-18H2,1-3H3. The molecule has 5 heteroatoms. The molecule has 0 N–H and O–H groups in total. The van der Waals surface area contributed by atoms with E-state index in [0.717, 1.165) is 22.5 Å². The number of ether oxygens (including phenoxy) is 1. The summed E-state index contributed by atoms with van der Waals surface area (Å²) >= 11 is 0. The Morgan fingerprint density at radius 3 is 2.34 bits per heavy atom. The molecule has 0 saturated heterocycles. The number of carbonyl (C=O) groups is 2. The van der Waals surface area contributed by atoms with Crippen LogP contribution in [0.1, 0.15) is 37.4 Å². The van der Waals surface area contributed by atoms with Gasteiger partial charge >= 0.3 is 0 Å². The Morgan fingerprint density at radius 1 is 0.969 bits per heavy atom.